The first-order valence-electron chi connectivity index (χ1n) is 9.42. The summed E-state index contributed by atoms with van der Waals surface area (Å²) in [6.45, 7) is 0. The Hall–Kier alpha value is -4.02. The largest absolute Gasteiger partial charge is 0.455 e. The van der Waals surface area contributed by atoms with E-state index in [0.29, 0.717) is 32.8 Å². The fourth-order valence-corrected chi connectivity index (χ4v) is 3.39. The predicted octanol–water partition coefficient (Wildman–Crippen LogP) is 5.91. The first-order chi connectivity index (χ1) is 16.0. The summed E-state index contributed by atoms with van der Waals surface area (Å²) in [4.78, 5) is 8.62. The number of aromatic nitrogens is 4. The molecule has 12 heteroatoms. The quantitative estimate of drug-likeness (QED) is 0.226. The van der Waals surface area contributed by atoms with E-state index in [2.05, 4.69) is 40.8 Å². The second-order valence-electron chi connectivity index (χ2n) is 6.66. The molecule has 0 aliphatic heterocycles. The third-order valence-corrected chi connectivity index (χ3v) is 4.95. The van der Waals surface area contributed by atoms with E-state index >= 15 is 0 Å². The van der Waals surface area contributed by atoms with Crippen LogP contribution in [0.5, 0.6) is 0 Å². The SMILES string of the molecule is Fc1ccc(Nc2nc3nonc3nc2N/N=C/c2ccc(-c3ccc(Cl)cc3Cl)o2)cc1. The highest BCUT2D eigenvalue weighted by Gasteiger charge is 2.13. The van der Waals surface area contributed by atoms with Gasteiger partial charge in [-0.15, -0.1) is 0 Å². The summed E-state index contributed by atoms with van der Waals surface area (Å²) >= 11 is 12.2. The van der Waals surface area contributed by atoms with Crippen LogP contribution in [0.2, 0.25) is 10.0 Å². The number of furan rings is 1. The number of anilines is 3. The fourth-order valence-electron chi connectivity index (χ4n) is 2.89. The molecule has 0 fully saturated rings. The molecular formula is C21H12Cl2FN7O2. The molecule has 0 amide bonds. The second-order valence-corrected chi connectivity index (χ2v) is 7.50. The zero-order chi connectivity index (χ0) is 22.8. The lowest BCUT2D eigenvalue weighted by atomic mass is 10.2. The summed E-state index contributed by atoms with van der Waals surface area (Å²) in [5, 5.41) is 15.6. The van der Waals surface area contributed by atoms with Crippen LogP contribution in [0.1, 0.15) is 5.76 Å². The van der Waals surface area contributed by atoms with Gasteiger partial charge in [-0.3, -0.25) is 5.43 Å². The van der Waals surface area contributed by atoms with Crippen molar-refractivity contribution < 1.29 is 13.4 Å². The van der Waals surface area contributed by atoms with Gasteiger partial charge >= 0.3 is 0 Å². The highest BCUT2D eigenvalue weighted by Crippen LogP contribution is 2.31. The molecular weight excluding hydrogens is 472 g/mol. The topological polar surface area (TPSA) is 114 Å². The minimum Gasteiger partial charge on any atom is -0.455 e. The van der Waals surface area contributed by atoms with Crippen LogP contribution < -0.4 is 10.7 Å². The third kappa shape index (κ3) is 4.61. The van der Waals surface area contributed by atoms with Gasteiger partial charge in [0.2, 0.25) is 11.3 Å². The zero-order valence-electron chi connectivity index (χ0n) is 16.5. The third-order valence-electron chi connectivity index (χ3n) is 4.41. The average molecular weight is 484 g/mol. The number of halogens is 3. The lowest BCUT2D eigenvalue weighted by molar-refractivity contribution is 0.314. The standard InChI is InChI=1S/C21H12Cl2FN7O2/c22-11-1-7-15(16(23)9-11)17-8-6-14(32-17)10-25-29-19-18(26-13-4-2-12(24)3-5-13)27-20-21(28-19)31-33-30-20/h1-10H,(H,26,27,30)(H,28,29,31)/b25-10+. The van der Waals surface area contributed by atoms with Gasteiger partial charge in [-0.1, -0.05) is 23.2 Å². The van der Waals surface area contributed by atoms with E-state index in [4.69, 9.17) is 27.6 Å². The van der Waals surface area contributed by atoms with Crippen LogP contribution in [0.25, 0.3) is 22.6 Å². The van der Waals surface area contributed by atoms with Crippen molar-refractivity contribution in [2.75, 3.05) is 10.7 Å². The van der Waals surface area contributed by atoms with E-state index in [1.165, 1.54) is 18.3 Å². The number of hydrogen-bond donors (Lipinski definition) is 2. The molecule has 0 aliphatic rings. The van der Waals surface area contributed by atoms with Crippen LogP contribution in [0.4, 0.5) is 21.7 Å². The summed E-state index contributed by atoms with van der Waals surface area (Å²) in [6.07, 6.45) is 1.46. The van der Waals surface area contributed by atoms with Gasteiger partial charge in [0.05, 0.1) is 11.2 Å². The molecule has 0 unspecified atom stereocenters. The maximum atomic E-state index is 13.2. The molecule has 3 heterocycles. The maximum absolute atomic E-state index is 13.2. The summed E-state index contributed by atoms with van der Waals surface area (Å²) in [7, 11) is 0. The molecule has 0 spiro atoms. The molecule has 0 saturated carbocycles. The first kappa shape index (κ1) is 20.9. The minimum atomic E-state index is -0.358. The van der Waals surface area contributed by atoms with Gasteiger partial charge in [0.25, 0.3) is 0 Å². The molecule has 33 heavy (non-hydrogen) atoms. The number of hydrogen-bond acceptors (Lipinski definition) is 9. The lowest BCUT2D eigenvalue weighted by Crippen LogP contribution is -2.03. The van der Waals surface area contributed by atoms with Gasteiger partial charge in [-0.2, -0.15) is 10.1 Å². The number of hydrazone groups is 1. The number of benzene rings is 2. The lowest BCUT2D eigenvalue weighted by Gasteiger charge is -2.09. The van der Waals surface area contributed by atoms with E-state index < -0.39 is 0 Å². The van der Waals surface area contributed by atoms with Crippen molar-refractivity contribution in [3.05, 3.63) is 76.2 Å². The van der Waals surface area contributed by atoms with Crippen LogP contribution in [0.3, 0.4) is 0 Å². The summed E-state index contributed by atoms with van der Waals surface area (Å²) in [5.41, 5.74) is 4.47. The summed E-state index contributed by atoms with van der Waals surface area (Å²) in [6, 6.07) is 14.4. The van der Waals surface area contributed by atoms with Gasteiger partial charge in [0, 0.05) is 16.3 Å². The summed E-state index contributed by atoms with van der Waals surface area (Å²) < 4.78 is 23.7. The predicted molar refractivity (Wildman–Crippen MR) is 122 cm³/mol. The molecule has 3 aromatic heterocycles. The Kier molecular flexibility index (Phi) is 5.59. The van der Waals surface area contributed by atoms with Crippen molar-refractivity contribution in [2.24, 2.45) is 5.10 Å². The van der Waals surface area contributed by atoms with Gasteiger partial charge in [0.1, 0.15) is 17.3 Å². The monoisotopic (exact) mass is 483 g/mol. The van der Waals surface area contributed by atoms with Crippen molar-refractivity contribution in [1.82, 2.24) is 20.3 Å². The molecule has 5 aromatic rings. The van der Waals surface area contributed by atoms with Gasteiger partial charge < -0.3 is 9.73 Å². The van der Waals surface area contributed by atoms with Crippen LogP contribution >= 0.6 is 23.2 Å². The highest BCUT2D eigenvalue weighted by molar-refractivity contribution is 6.36. The maximum Gasteiger partial charge on any atom is 0.245 e. The van der Waals surface area contributed by atoms with Crippen LogP contribution in [-0.2, 0) is 0 Å². The minimum absolute atomic E-state index is 0.190. The van der Waals surface area contributed by atoms with Gasteiger partial charge in [0.15, 0.2) is 11.6 Å². The molecule has 0 radical (unpaired) electrons. The number of fused-ring (bicyclic) bond motifs is 1. The first-order valence-corrected chi connectivity index (χ1v) is 10.2. The van der Waals surface area contributed by atoms with Crippen LogP contribution in [-0.4, -0.2) is 26.5 Å². The van der Waals surface area contributed by atoms with Crippen molar-refractivity contribution in [2.45, 2.75) is 0 Å². The molecule has 2 aromatic carbocycles. The Balaban J connectivity index is 1.38. The van der Waals surface area contributed by atoms with Crippen molar-refractivity contribution in [3.8, 4) is 11.3 Å². The molecule has 0 bridgehead atoms. The van der Waals surface area contributed by atoms with E-state index in [-0.39, 0.29) is 28.7 Å². The fraction of sp³-hybridized carbons (Fsp3) is 0. The number of rotatable bonds is 6. The Morgan fingerprint density at radius 1 is 0.909 bits per heavy atom. The Morgan fingerprint density at radius 3 is 2.42 bits per heavy atom. The highest BCUT2D eigenvalue weighted by atomic mass is 35.5. The molecule has 2 N–H and O–H groups in total. The molecule has 0 aliphatic carbocycles. The van der Waals surface area contributed by atoms with E-state index in [1.807, 2.05) is 0 Å². The normalized spacial score (nSPS) is 11.4. The second kappa shape index (κ2) is 8.85. The Morgan fingerprint density at radius 2 is 1.67 bits per heavy atom. The zero-order valence-corrected chi connectivity index (χ0v) is 18.0. The van der Waals surface area contributed by atoms with Crippen molar-refractivity contribution >= 4 is 58.0 Å². The van der Waals surface area contributed by atoms with Gasteiger partial charge in [-0.25, -0.2) is 14.0 Å². The van der Waals surface area contributed by atoms with E-state index in [0.717, 1.165) is 0 Å². The van der Waals surface area contributed by atoms with Crippen LogP contribution in [0, 0.1) is 5.82 Å². The van der Waals surface area contributed by atoms with E-state index in [1.54, 1.807) is 42.5 Å². The molecule has 164 valence electrons. The average Bonchev–Trinajstić information content (AvgIpc) is 3.45. The number of nitrogens with zero attached hydrogens (tertiary/aromatic N) is 5. The number of nitrogens with one attached hydrogen (secondary N) is 2. The molecule has 5 rings (SSSR count). The molecule has 0 saturated heterocycles. The van der Waals surface area contributed by atoms with E-state index in [9.17, 15) is 4.39 Å². The summed E-state index contributed by atoms with van der Waals surface area (Å²) in [5.74, 6) is 1.20. The van der Waals surface area contributed by atoms with Crippen molar-refractivity contribution in [3.63, 3.8) is 0 Å². The Labute approximate surface area is 195 Å². The van der Waals surface area contributed by atoms with Crippen LogP contribution in [0.15, 0.2) is 68.7 Å². The van der Waals surface area contributed by atoms with Gasteiger partial charge in [-0.05, 0) is 64.9 Å². The smallest absolute Gasteiger partial charge is 0.245 e. The molecule has 0 atom stereocenters. The Bertz CT molecular complexity index is 1470. The molecule has 9 nitrogen and oxygen atoms in total. The van der Waals surface area contributed by atoms with Crippen molar-refractivity contribution in [1.29, 1.82) is 0 Å².